The zero-order valence-electron chi connectivity index (χ0n) is 13.7. The standard InChI is InChI=1S/C17H24N2O3/c1-5-13(3)18(14(4)6-2)17(20)11-10-15-8-7-9-16(12-15)19(21)22/h7-14H,5-6H2,1-4H3/b11-10+/t13-,14-/m1/s1. The molecule has 0 aliphatic rings. The van der Waals surface area contributed by atoms with E-state index in [1.165, 1.54) is 18.2 Å². The van der Waals surface area contributed by atoms with Crippen LogP contribution in [0.1, 0.15) is 46.1 Å². The zero-order valence-corrected chi connectivity index (χ0v) is 13.7. The van der Waals surface area contributed by atoms with E-state index in [9.17, 15) is 14.9 Å². The van der Waals surface area contributed by atoms with E-state index >= 15 is 0 Å². The summed E-state index contributed by atoms with van der Waals surface area (Å²) in [5.41, 5.74) is 0.672. The number of nitro benzene ring substituents is 1. The molecule has 5 nitrogen and oxygen atoms in total. The van der Waals surface area contributed by atoms with Gasteiger partial charge in [0.25, 0.3) is 5.69 Å². The van der Waals surface area contributed by atoms with Crippen molar-refractivity contribution in [2.24, 2.45) is 0 Å². The van der Waals surface area contributed by atoms with Crippen LogP contribution >= 0.6 is 0 Å². The van der Waals surface area contributed by atoms with Crippen LogP contribution in [0.25, 0.3) is 6.08 Å². The Bertz CT molecular complexity index is 545. The van der Waals surface area contributed by atoms with Crippen molar-refractivity contribution in [3.63, 3.8) is 0 Å². The van der Waals surface area contributed by atoms with Gasteiger partial charge >= 0.3 is 0 Å². The predicted molar refractivity (Wildman–Crippen MR) is 88.5 cm³/mol. The van der Waals surface area contributed by atoms with E-state index in [1.807, 2.05) is 18.7 Å². The van der Waals surface area contributed by atoms with Gasteiger partial charge in [-0.2, -0.15) is 0 Å². The Labute approximate surface area is 131 Å². The van der Waals surface area contributed by atoms with Crippen LogP contribution in [0.4, 0.5) is 5.69 Å². The van der Waals surface area contributed by atoms with E-state index in [2.05, 4.69) is 13.8 Å². The third-order valence-electron chi connectivity index (χ3n) is 3.89. The normalized spacial score (nSPS) is 13.8. The summed E-state index contributed by atoms with van der Waals surface area (Å²) in [5, 5.41) is 10.8. The molecule has 1 aromatic rings. The molecule has 0 unspecified atom stereocenters. The summed E-state index contributed by atoms with van der Waals surface area (Å²) in [4.78, 5) is 24.6. The fourth-order valence-corrected chi connectivity index (χ4v) is 2.26. The average Bonchev–Trinajstić information content (AvgIpc) is 2.52. The summed E-state index contributed by atoms with van der Waals surface area (Å²) in [6.45, 7) is 8.17. The van der Waals surface area contributed by atoms with Gasteiger partial charge in [0.2, 0.25) is 5.91 Å². The monoisotopic (exact) mass is 304 g/mol. The van der Waals surface area contributed by atoms with Crippen molar-refractivity contribution in [2.45, 2.75) is 52.6 Å². The van der Waals surface area contributed by atoms with Crippen molar-refractivity contribution in [3.05, 3.63) is 46.0 Å². The second-order valence-corrected chi connectivity index (χ2v) is 5.45. The number of rotatable bonds is 7. The summed E-state index contributed by atoms with van der Waals surface area (Å²) in [6, 6.07) is 6.58. The van der Waals surface area contributed by atoms with E-state index in [0.29, 0.717) is 5.56 Å². The maximum Gasteiger partial charge on any atom is 0.270 e. The lowest BCUT2D eigenvalue weighted by Crippen LogP contribution is -2.43. The van der Waals surface area contributed by atoms with Gasteiger partial charge in [-0.15, -0.1) is 0 Å². The van der Waals surface area contributed by atoms with E-state index < -0.39 is 4.92 Å². The quantitative estimate of drug-likeness (QED) is 0.434. The molecule has 0 aliphatic heterocycles. The van der Waals surface area contributed by atoms with E-state index in [0.717, 1.165) is 12.8 Å². The number of hydrogen-bond acceptors (Lipinski definition) is 3. The molecular weight excluding hydrogens is 280 g/mol. The molecule has 0 heterocycles. The number of carbonyl (C=O) groups is 1. The van der Waals surface area contributed by atoms with Gasteiger partial charge in [-0.1, -0.05) is 26.0 Å². The van der Waals surface area contributed by atoms with Gasteiger partial charge in [0, 0.05) is 30.3 Å². The molecule has 0 aliphatic carbocycles. The third kappa shape index (κ3) is 4.69. The lowest BCUT2D eigenvalue weighted by Gasteiger charge is -2.33. The Hall–Kier alpha value is -2.17. The topological polar surface area (TPSA) is 63.5 Å². The number of nitro groups is 1. The minimum Gasteiger partial charge on any atom is -0.334 e. The first kappa shape index (κ1) is 17.9. The maximum atomic E-state index is 12.4. The molecule has 0 fully saturated rings. The highest BCUT2D eigenvalue weighted by Crippen LogP contribution is 2.16. The van der Waals surface area contributed by atoms with Crippen LogP contribution in [0, 0.1) is 10.1 Å². The molecule has 22 heavy (non-hydrogen) atoms. The van der Waals surface area contributed by atoms with Gasteiger partial charge in [0.1, 0.15) is 0 Å². The highest BCUT2D eigenvalue weighted by atomic mass is 16.6. The molecule has 1 amide bonds. The van der Waals surface area contributed by atoms with Crippen LogP contribution in [0.3, 0.4) is 0 Å². The summed E-state index contributed by atoms with van der Waals surface area (Å²) >= 11 is 0. The smallest absolute Gasteiger partial charge is 0.270 e. The van der Waals surface area contributed by atoms with E-state index in [1.54, 1.807) is 18.2 Å². The van der Waals surface area contributed by atoms with Crippen molar-refractivity contribution in [3.8, 4) is 0 Å². The van der Waals surface area contributed by atoms with Crippen LogP contribution < -0.4 is 0 Å². The third-order valence-corrected chi connectivity index (χ3v) is 3.89. The van der Waals surface area contributed by atoms with Gasteiger partial charge in [-0.25, -0.2) is 0 Å². The summed E-state index contributed by atoms with van der Waals surface area (Å²) in [7, 11) is 0. The molecule has 0 N–H and O–H groups in total. The fourth-order valence-electron chi connectivity index (χ4n) is 2.26. The second kappa shape index (κ2) is 8.32. The number of non-ortho nitro benzene ring substituents is 1. The largest absolute Gasteiger partial charge is 0.334 e. The van der Waals surface area contributed by atoms with Gasteiger partial charge in [0.05, 0.1) is 4.92 Å². The Morgan fingerprint density at radius 3 is 2.36 bits per heavy atom. The first-order valence-corrected chi connectivity index (χ1v) is 7.65. The van der Waals surface area contributed by atoms with Crippen LogP contribution in [0.2, 0.25) is 0 Å². The van der Waals surface area contributed by atoms with Gasteiger partial charge in [0.15, 0.2) is 0 Å². The highest BCUT2D eigenvalue weighted by Gasteiger charge is 2.21. The first-order chi connectivity index (χ1) is 10.4. The lowest BCUT2D eigenvalue weighted by atomic mass is 10.1. The number of benzene rings is 1. The van der Waals surface area contributed by atoms with Crippen LogP contribution in [0.5, 0.6) is 0 Å². The van der Waals surface area contributed by atoms with Gasteiger partial charge in [-0.05, 0) is 38.3 Å². The van der Waals surface area contributed by atoms with Crippen molar-refractivity contribution < 1.29 is 9.72 Å². The zero-order chi connectivity index (χ0) is 16.7. The molecule has 120 valence electrons. The number of hydrogen-bond donors (Lipinski definition) is 0. The molecule has 2 atom stereocenters. The Balaban J connectivity index is 2.93. The predicted octanol–water partition coefficient (Wildman–Crippen LogP) is 4.03. The maximum absolute atomic E-state index is 12.4. The Morgan fingerprint density at radius 2 is 1.86 bits per heavy atom. The first-order valence-electron chi connectivity index (χ1n) is 7.65. The molecule has 0 saturated carbocycles. The molecular formula is C17H24N2O3. The van der Waals surface area contributed by atoms with Crippen molar-refractivity contribution in [2.75, 3.05) is 0 Å². The molecule has 0 radical (unpaired) electrons. The number of amides is 1. The van der Waals surface area contributed by atoms with Crippen molar-refractivity contribution in [1.29, 1.82) is 0 Å². The number of carbonyl (C=O) groups excluding carboxylic acids is 1. The molecule has 0 spiro atoms. The molecule has 5 heteroatoms. The highest BCUT2D eigenvalue weighted by molar-refractivity contribution is 5.92. The van der Waals surface area contributed by atoms with Gasteiger partial charge in [-0.3, -0.25) is 14.9 Å². The van der Waals surface area contributed by atoms with E-state index in [-0.39, 0.29) is 23.7 Å². The SMILES string of the molecule is CC[C@@H](C)N(C(=O)/C=C/c1cccc([N+](=O)[O-])c1)[C@H](C)CC. The summed E-state index contributed by atoms with van der Waals surface area (Å²) in [6.07, 6.45) is 4.91. The van der Waals surface area contributed by atoms with Crippen LogP contribution in [0.15, 0.2) is 30.3 Å². The summed E-state index contributed by atoms with van der Waals surface area (Å²) in [5.74, 6) is -0.0600. The Morgan fingerprint density at radius 1 is 1.27 bits per heavy atom. The summed E-state index contributed by atoms with van der Waals surface area (Å²) < 4.78 is 0. The Kier molecular flexibility index (Phi) is 6.76. The molecule has 0 aromatic heterocycles. The molecule has 0 saturated heterocycles. The second-order valence-electron chi connectivity index (χ2n) is 5.45. The van der Waals surface area contributed by atoms with Crippen LogP contribution in [-0.2, 0) is 4.79 Å². The molecule has 0 bridgehead atoms. The minimum absolute atomic E-state index is 0.0234. The lowest BCUT2D eigenvalue weighted by molar-refractivity contribution is -0.384. The number of nitrogens with zero attached hydrogens (tertiary/aromatic N) is 2. The van der Waals surface area contributed by atoms with Crippen molar-refractivity contribution in [1.82, 2.24) is 4.90 Å². The van der Waals surface area contributed by atoms with Crippen LogP contribution in [-0.4, -0.2) is 27.8 Å². The average molecular weight is 304 g/mol. The van der Waals surface area contributed by atoms with Crippen molar-refractivity contribution >= 4 is 17.7 Å². The molecule has 1 aromatic carbocycles. The molecule has 1 rings (SSSR count). The van der Waals surface area contributed by atoms with E-state index in [4.69, 9.17) is 0 Å². The fraction of sp³-hybridized carbons (Fsp3) is 0.471. The minimum atomic E-state index is -0.441. The van der Waals surface area contributed by atoms with Gasteiger partial charge < -0.3 is 4.90 Å².